The first-order valence-electron chi connectivity index (χ1n) is 8.40. The molecule has 2 aromatic carbocycles. The molecule has 0 unspecified atom stereocenters. The normalized spacial score (nSPS) is 17.1. The molecular weight excluding hydrogens is 332 g/mol. The summed E-state index contributed by atoms with van der Waals surface area (Å²) in [5, 5.41) is 15.9. The Bertz CT molecular complexity index is 815. The van der Waals surface area contributed by atoms with Crippen LogP contribution in [0.3, 0.4) is 0 Å². The summed E-state index contributed by atoms with van der Waals surface area (Å²) in [6.07, 6.45) is -0.295. The molecule has 0 aromatic heterocycles. The molecule has 0 bridgehead atoms. The first-order chi connectivity index (χ1) is 12.5. The molecule has 134 valence electrons. The predicted molar refractivity (Wildman–Crippen MR) is 96.9 cm³/mol. The molecule has 1 heterocycles. The van der Waals surface area contributed by atoms with Crippen molar-refractivity contribution in [1.29, 1.82) is 0 Å². The number of carboxylic acid groups (broad SMARTS) is 1. The summed E-state index contributed by atoms with van der Waals surface area (Å²) in [4.78, 5) is 29.1. The molecule has 2 aromatic rings. The zero-order valence-electron chi connectivity index (χ0n) is 14.4. The van der Waals surface area contributed by atoms with Crippen molar-refractivity contribution in [3.8, 4) is 0 Å². The van der Waals surface area contributed by atoms with Gasteiger partial charge in [-0.05, 0) is 18.1 Å². The lowest BCUT2D eigenvalue weighted by atomic mass is 10.0. The van der Waals surface area contributed by atoms with Crippen molar-refractivity contribution in [1.82, 2.24) is 5.32 Å². The summed E-state index contributed by atoms with van der Waals surface area (Å²) in [5.41, 5.74) is 3.54. The van der Waals surface area contributed by atoms with Crippen molar-refractivity contribution in [2.24, 2.45) is 5.16 Å². The highest BCUT2D eigenvalue weighted by molar-refractivity contribution is 6.04. The van der Waals surface area contributed by atoms with Crippen molar-refractivity contribution in [3.05, 3.63) is 71.3 Å². The Kier molecular flexibility index (Phi) is 5.31. The minimum Gasteiger partial charge on any atom is -0.480 e. The molecule has 6 heteroatoms. The van der Waals surface area contributed by atoms with E-state index in [1.807, 2.05) is 61.5 Å². The van der Waals surface area contributed by atoms with Gasteiger partial charge in [-0.1, -0.05) is 65.3 Å². The van der Waals surface area contributed by atoms with Crippen LogP contribution in [0.2, 0.25) is 0 Å². The van der Waals surface area contributed by atoms with Crippen LogP contribution in [0.1, 0.15) is 23.1 Å². The van der Waals surface area contributed by atoms with E-state index in [9.17, 15) is 14.7 Å². The number of carbonyl (C=O) groups excluding carboxylic acids is 1. The van der Waals surface area contributed by atoms with E-state index < -0.39 is 24.0 Å². The van der Waals surface area contributed by atoms with Crippen LogP contribution < -0.4 is 5.32 Å². The quantitative estimate of drug-likeness (QED) is 0.835. The van der Waals surface area contributed by atoms with Crippen LogP contribution in [0.4, 0.5) is 0 Å². The van der Waals surface area contributed by atoms with Crippen molar-refractivity contribution in [2.75, 3.05) is 0 Å². The van der Waals surface area contributed by atoms with E-state index in [-0.39, 0.29) is 6.42 Å². The third-order valence-electron chi connectivity index (χ3n) is 4.24. The van der Waals surface area contributed by atoms with Crippen molar-refractivity contribution < 1.29 is 19.5 Å². The van der Waals surface area contributed by atoms with Crippen LogP contribution in [0.15, 0.2) is 59.8 Å². The Morgan fingerprint density at radius 2 is 1.88 bits per heavy atom. The van der Waals surface area contributed by atoms with Crippen LogP contribution in [0.25, 0.3) is 0 Å². The van der Waals surface area contributed by atoms with Crippen LogP contribution in [-0.2, 0) is 20.8 Å². The highest BCUT2D eigenvalue weighted by Gasteiger charge is 2.31. The Morgan fingerprint density at radius 1 is 1.19 bits per heavy atom. The summed E-state index contributed by atoms with van der Waals surface area (Å²) in [6.45, 7) is 1.99. The first kappa shape index (κ1) is 17.7. The maximum absolute atomic E-state index is 12.4. The zero-order chi connectivity index (χ0) is 18.5. The van der Waals surface area contributed by atoms with Crippen molar-refractivity contribution in [3.63, 3.8) is 0 Å². The molecule has 26 heavy (non-hydrogen) atoms. The van der Waals surface area contributed by atoms with Gasteiger partial charge < -0.3 is 15.3 Å². The van der Waals surface area contributed by atoms with Gasteiger partial charge in [-0.25, -0.2) is 4.79 Å². The van der Waals surface area contributed by atoms with Gasteiger partial charge in [-0.2, -0.15) is 0 Å². The van der Waals surface area contributed by atoms with Gasteiger partial charge in [0, 0.05) is 12.8 Å². The molecule has 1 amide bonds. The van der Waals surface area contributed by atoms with Crippen LogP contribution in [0.5, 0.6) is 0 Å². The number of carboxylic acids is 1. The molecule has 0 saturated heterocycles. The predicted octanol–water partition coefficient (Wildman–Crippen LogP) is 2.30. The number of carbonyl (C=O) groups is 2. The second-order valence-corrected chi connectivity index (χ2v) is 6.29. The second kappa shape index (κ2) is 7.82. The lowest BCUT2D eigenvalue weighted by Crippen LogP contribution is -2.46. The summed E-state index contributed by atoms with van der Waals surface area (Å²) < 4.78 is 0. The Balaban J connectivity index is 1.60. The van der Waals surface area contributed by atoms with Gasteiger partial charge in [-0.3, -0.25) is 4.79 Å². The number of oxime groups is 1. The SMILES string of the molecule is Cc1ccc(C2=NO[C@H](C(=O)N[C@H](Cc3ccccc3)C(=O)O)C2)cc1. The zero-order valence-corrected chi connectivity index (χ0v) is 14.4. The molecule has 0 saturated carbocycles. The van der Waals surface area contributed by atoms with Gasteiger partial charge in [0.1, 0.15) is 6.04 Å². The summed E-state index contributed by atoms with van der Waals surface area (Å²) >= 11 is 0. The fourth-order valence-corrected chi connectivity index (χ4v) is 2.75. The fraction of sp³-hybridized carbons (Fsp3) is 0.250. The molecule has 2 atom stereocenters. The van der Waals surface area contributed by atoms with E-state index in [0.29, 0.717) is 12.1 Å². The third-order valence-corrected chi connectivity index (χ3v) is 4.24. The number of hydrogen-bond acceptors (Lipinski definition) is 4. The smallest absolute Gasteiger partial charge is 0.326 e. The van der Waals surface area contributed by atoms with Crippen LogP contribution in [0, 0.1) is 6.92 Å². The number of aliphatic carboxylic acids is 1. The summed E-state index contributed by atoms with van der Waals surface area (Å²) in [5.74, 6) is -1.56. The maximum atomic E-state index is 12.4. The number of nitrogens with one attached hydrogen (secondary N) is 1. The Labute approximate surface area is 151 Å². The van der Waals surface area contributed by atoms with E-state index in [2.05, 4.69) is 10.5 Å². The minimum absolute atomic E-state index is 0.209. The van der Waals surface area contributed by atoms with Crippen LogP contribution >= 0.6 is 0 Å². The van der Waals surface area contributed by atoms with E-state index in [0.717, 1.165) is 16.7 Å². The molecule has 1 aliphatic heterocycles. The average Bonchev–Trinajstić information content (AvgIpc) is 3.13. The van der Waals surface area contributed by atoms with Gasteiger partial charge in [0.25, 0.3) is 5.91 Å². The molecule has 1 aliphatic rings. The molecule has 3 rings (SSSR count). The average molecular weight is 352 g/mol. The van der Waals surface area contributed by atoms with Crippen molar-refractivity contribution in [2.45, 2.75) is 31.9 Å². The minimum atomic E-state index is -1.08. The molecule has 0 radical (unpaired) electrons. The lowest BCUT2D eigenvalue weighted by molar-refractivity contribution is -0.143. The monoisotopic (exact) mass is 352 g/mol. The van der Waals surface area contributed by atoms with E-state index in [4.69, 9.17) is 4.84 Å². The number of aryl methyl sites for hydroxylation is 1. The molecule has 0 aliphatic carbocycles. The lowest BCUT2D eigenvalue weighted by Gasteiger charge is -2.16. The molecular formula is C20H20N2O4. The number of benzene rings is 2. The van der Waals surface area contributed by atoms with Crippen LogP contribution in [-0.4, -0.2) is 34.8 Å². The standard InChI is InChI=1S/C20H20N2O4/c1-13-7-9-15(10-8-13)16-12-18(26-22-16)19(23)21-17(20(24)25)11-14-5-3-2-4-6-14/h2-10,17-18H,11-12H2,1H3,(H,21,23)(H,24,25)/t17-,18+/m1/s1. The van der Waals surface area contributed by atoms with Gasteiger partial charge in [0.05, 0.1) is 5.71 Å². The topological polar surface area (TPSA) is 88.0 Å². The number of rotatable bonds is 6. The van der Waals surface area contributed by atoms with Gasteiger partial charge >= 0.3 is 5.97 Å². The van der Waals surface area contributed by atoms with Gasteiger partial charge in [0.15, 0.2) is 0 Å². The highest BCUT2D eigenvalue weighted by Crippen LogP contribution is 2.18. The fourth-order valence-electron chi connectivity index (χ4n) is 2.75. The van der Waals surface area contributed by atoms with Gasteiger partial charge in [-0.15, -0.1) is 0 Å². The van der Waals surface area contributed by atoms with E-state index in [1.54, 1.807) is 0 Å². The highest BCUT2D eigenvalue weighted by atomic mass is 16.6. The molecule has 0 fully saturated rings. The van der Waals surface area contributed by atoms with E-state index in [1.165, 1.54) is 0 Å². The second-order valence-electron chi connectivity index (χ2n) is 6.29. The Morgan fingerprint density at radius 3 is 2.54 bits per heavy atom. The molecule has 2 N–H and O–H groups in total. The molecule has 0 spiro atoms. The maximum Gasteiger partial charge on any atom is 0.326 e. The summed E-state index contributed by atoms with van der Waals surface area (Å²) in [6, 6.07) is 15.9. The number of nitrogens with zero attached hydrogens (tertiary/aromatic N) is 1. The molecule has 6 nitrogen and oxygen atoms in total. The number of amides is 1. The number of hydrogen-bond donors (Lipinski definition) is 2. The first-order valence-corrected chi connectivity index (χ1v) is 8.40. The van der Waals surface area contributed by atoms with Crippen molar-refractivity contribution >= 4 is 17.6 Å². The largest absolute Gasteiger partial charge is 0.480 e. The third kappa shape index (κ3) is 4.27. The Hall–Kier alpha value is -3.15. The summed E-state index contributed by atoms with van der Waals surface area (Å²) in [7, 11) is 0. The van der Waals surface area contributed by atoms with E-state index >= 15 is 0 Å². The van der Waals surface area contributed by atoms with Gasteiger partial charge in [0.2, 0.25) is 6.10 Å².